The summed E-state index contributed by atoms with van der Waals surface area (Å²) in [5.74, 6) is 0.215. The number of nitrogens with zero attached hydrogens (tertiary/aromatic N) is 1. The molecule has 3 heteroatoms. The zero-order valence-electron chi connectivity index (χ0n) is 10.9. The van der Waals surface area contributed by atoms with Crippen molar-refractivity contribution < 1.29 is 4.79 Å². The van der Waals surface area contributed by atoms with Gasteiger partial charge in [0.05, 0.1) is 11.6 Å². The van der Waals surface area contributed by atoms with Crippen molar-refractivity contribution in [3.63, 3.8) is 0 Å². The van der Waals surface area contributed by atoms with Gasteiger partial charge in [-0.05, 0) is 43.7 Å². The van der Waals surface area contributed by atoms with Gasteiger partial charge < -0.3 is 5.32 Å². The smallest absolute Gasteiger partial charge is 0.179 e. The number of hydrogen-bond acceptors (Lipinski definition) is 3. The van der Waals surface area contributed by atoms with Crippen LogP contribution in [0.1, 0.15) is 36.0 Å². The molecular weight excluding hydrogens is 236 g/mol. The monoisotopic (exact) mass is 254 g/mol. The predicted octanol–water partition coefficient (Wildman–Crippen LogP) is 2.95. The van der Waals surface area contributed by atoms with Gasteiger partial charge in [-0.15, -0.1) is 0 Å². The average Bonchev–Trinajstić information content (AvgIpc) is 2.75. The number of fused-ring (bicyclic) bond motifs is 1. The minimum absolute atomic E-state index is 0.0170. The molecule has 1 aromatic carbocycles. The van der Waals surface area contributed by atoms with Crippen LogP contribution in [0.15, 0.2) is 36.5 Å². The van der Waals surface area contributed by atoms with E-state index in [4.69, 9.17) is 0 Å². The molecule has 0 spiro atoms. The van der Waals surface area contributed by atoms with E-state index >= 15 is 0 Å². The summed E-state index contributed by atoms with van der Waals surface area (Å²) >= 11 is 0. The van der Waals surface area contributed by atoms with Crippen LogP contribution < -0.4 is 5.32 Å². The van der Waals surface area contributed by atoms with Gasteiger partial charge in [-0.3, -0.25) is 9.78 Å². The molecular formula is C16H18N2O. The number of hydrogen-bond donors (Lipinski definition) is 1. The summed E-state index contributed by atoms with van der Waals surface area (Å²) < 4.78 is 0. The Bertz CT molecular complexity index is 586. The van der Waals surface area contributed by atoms with Gasteiger partial charge in [-0.1, -0.05) is 18.9 Å². The molecule has 19 heavy (non-hydrogen) atoms. The van der Waals surface area contributed by atoms with Crippen LogP contribution >= 0.6 is 0 Å². The van der Waals surface area contributed by atoms with Crippen LogP contribution in [0.5, 0.6) is 0 Å². The zero-order chi connectivity index (χ0) is 13.1. The number of benzene rings is 1. The lowest BCUT2D eigenvalue weighted by molar-refractivity contribution is 0.0941. The van der Waals surface area contributed by atoms with Gasteiger partial charge in [0.15, 0.2) is 5.78 Å². The molecule has 1 aliphatic heterocycles. The number of nitrogens with one attached hydrogen (secondary N) is 1. The Morgan fingerprint density at radius 1 is 1.21 bits per heavy atom. The van der Waals surface area contributed by atoms with Crippen molar-refractivity contribution in [1.29, 1.82) is 0 Å². The van der Waals surface area contributed by atoms with Gasteiger partial charge in [0.25, 0.3) is 0 Å². The Balaban J connectivity index is 1.88. The van der Waals surface area contributed by atoms with Crippen molar-refractivity contribution in [2.24, 2.45) is 0 Å². The minimum Gasteiger partial charge on any atom is -0.307 e. The molecule has 0 amide bonds. The van der Waals surface area contributed by atoms with Gasteiger partial charge in [0, 0.05) is 17.1 Å². The summed E-state index contributed by atoms with van der Waals surface area (Å²) in [5, 5.41) is 4.39. The van der Waals surface area contributed by atoms with Crippen molar-refractivity contribution in [2.75, 3.05) is 6.54 Å². The standard InChI is InChI=1S/C16H18N2O/c19-16(15-6-2-1-3-9-18-15)13-7-8-14-12(11-13)5-4-10-17-14/h4-5,7-8,10-11,15,18H,1-3,6,9H2. The quantitative estimate of drug-likeness (QED) is 0.838. The van der Waals surface area contributed by atoms with Crippen molar-refractivity contribution in [2.45, 2.75) is 31.7 Å². The summed E-state index contributed by atoms with van der Waals surface area (Å²) in [4.78, 5) is 16.8. The number of Topliss-reactive ketones (excluding diaryl/α,β-unsaturated/α-hetero) is 1. The molecule has 2 heterocycles. The zero-order valence-corrected chi connectivity index (χ0v) is 10.9. The SMILES string of the molecule is O=C(c1ccc2ncccc2c1)C1CCCCCN1. The summed E-state index contributed by atoms with van der Waals surface area (Å²) in [6.45, 7) is 0.950. The van der Waals surface area contributed by atoms with Crippen LogP contribution in [0.25, 0.3) is 10.9 Å². The highest BCUT2D eigenvalue weighted by Crippen LogP contribution is 2.17. The van der Waals surface area contributed by atoms with E-state index in [1.54, 1.807) is 6.20 Å². The van der Waals surface area contributed by atoms with E-state index in [1.807, 2.05) is 30.3 Å². The van der Waals surface area contributed by atoms with Gasteiger partial charge in [0.2, 0.25) is 0 Å². The van der Waals surface area contributed by atoms with Crippen molar-refractivity contribution >= 4 is 16.7 Å². The average molecular weight is 254 g/mol. The summed E-state index contributed by atoms with van der Waals surface area (Å²) in [6.07, 6.45) is 6.25. The van der Waals surface area contributed by atoms with Crippen molar-refractivity contribution in [1.82, 2.24) is 10.3 Å². The Labute approximate surface area is 113 Å². The normalized spacial score (nSPS) is 20.1. The van der Waals surface area contributed by atoms with Crippen molar-refractivity contribution in [3.8, 4) is 0 Å². The fourth-order valence-corrected chi connectivity index (χ4v) is 2.68. The maximum Gasteiger partial charge on any atom is 0.179 e. The number of rotatable bonds is 2. The lowest BCUT2D eigenvalue weighted by atomic mass is 9.99. The molecule has 1 N–H and O–H groups in total. The summed E-state index contributed by atoms with van der Waals surface area (Å²) in [7, 11) is 0. The largest absolute Gasteiger partial charge is 0.307 e. The molecule has 1 aliphatic rings. The second-order valence-corrected chi connectivity index (χ2v) is 5.13. The number of carbonyl (C=O) groups excluding carboxylic acids is 1. The van der Waals surface area contributed by atoms with Crippen LogP contribution in [-0.2, 0) is 0 Å². The number of ketones is 1. The third-order valence-corrected chi connectivity index (χ3v) is 3.76. The first-order valence-electron chi connectivity index (χ1n) is 6.97. The van der Waals surface area contributed by atoms with Gasteiger partial charge >= 0.3 is 0 Å². The van der Waals surface area contributed by atoms with E-state index in [9.17, 15) is 4.79 Å². The maximum absolute atomic E-state index is 12.5. The molecule has 2 aromatic rings. The Hall–Kier alpha value is -1.74. The second kappa shape index (κ2) is 5.49. The van der Waals surface area contributed by atoms with E-state index in [0.29, 0.717) is 0 Å². The molecule has 0 bridgehead atoms. The molecule has 1 fully saturated rings. The van der Waals surface area contributed by atoms with Crippen LogP contribution in [0.4, 0.5) is 0 Å². The number of pyridine rings is 1. The summed E-state index contributed by atoms with van der Waals surface area (Å²) in [5.41, 5.74) is 1.73. The van der Waals surface area contributed by atoms with Gasteiger partial charge in [-0.25, -0.2) is 0 Å². The van der Waals surface area contributed by atoms with Crippen LogP contribution in [-0.4, -0.2) is 23.4 Å². The molecule has 98 valence electrons. The highest BCUT2D eigenvalue weighted by Gasteiger charge is 2.20. The summed E-state index contributed by atoms with van der Waals surface area (Å²) in [6, 6.07) is 9.66. The van der Waals surface area contributed by atoms with E-state index in [0.717, 1.165) is 35.9 Å². The molecule has 1 saturated heterocycles. The first-order chi connectivity index (χ1) is 9.34. The van der Waals surface area contributed by atoms with Crippen LogP contribution in [0.3, 0.4) is 0 Å². The third-order valence-electron chi connectivity index (χ3n) is 3.76. The van der Waals surface area contributed by atoms with E-state index in [2.05, 4.69) is 10.3 Å². The first kappa shape index (κ1) is 12.3. The Morgan fingerprint density at radius 2 is 2.16 bits per heavy atom. The number of carbonyl (C=O) groups is 1. The predicted molar refractivity (Wildman–Crippen MR) is 76.3 cm³/mol. The van der Waals surface area contributed by atoms with Gasteiger partial charge in [0.1, 0.15) is 0 Å². The van der Waals surface area contributed by atoms with E-state index < -0.39 is 0 Å². The van der Waals surface area contributed by atoms with E-state index in [-0.39, 0.29) is 11.8 Å². The molecule has 0 aliphatic carbocycles. The fraction of sp³-hybridized carbons (Fsp3) is 0.375. The minimum atomic E-state index is -0.0170. The van der Waals surface area contributed by atoms with Crippen molar-refractivity contribution in [3.05, 3.63) is 42.1 Å². The Morgan fingerprint density at radius 3 is 3.11 bits per heavy atom. The highest BCUT2D eigenvalue weighted by molar-refractivity contribution is 6.02. The molecule has 1 unspecified atom stereocenters. The topological polar surface area (TPSA) is 42.0 Å². The van der Waals surface area contributed by atoms with Crippen LogP contribution in [0.2, 0.25) is 0 Å². The first-order valence-corrected chi connectivity index (χ1v) is 6.97. The molecule has 3 rings (SSSR count). The second-order valence-electron chi connectivity index (χ2n) is 5.13. The molecule has 1 aromatic heterocycles. The molecule has 1 atom stereocenters. The third kappa shape index (κ3) is 2.66. The molecule has 0 saturated carbocycles. The highest BCUT2D eigenvalue weighted by atomic mass is 16.1. The molecule has 3 nitrogen and oxygen atoms in total. The lowest BCUT2D eigenvalue weighted by Gasteiger charge is -2.14. The lowest BCUT2D eigenvalue weighted by Crippen LogP contribution is -2.36. The van der Waals surface area contributed by atoms with Crippen LogP contribution in [0, 0.1) is 0 Å². The fourth-order valence-electron chi connectivity index (χ4n) is 2.68. The van der Waals surface area contributed by atoms with E-state index in [1.165, 1.54) is 12.8 Å². The van der Waals surface area contributed by atoms with Gasteiger partial charge in [-0.2, -0.15) is 0 Å². The maximum atomic E-state index is 12.5. The molecule has 0 radical (unpaired) electrons. The Kier molecular flexibility index (Phi) is 3.56. The number of aromatic nitrogens is 1.